The summed E-state index contributed by atoms with van der Waals surface area (Å²) in [6, 6.07) is 9.90. The second kappa shape index (κ2) is 4.30. The van der Waals surface area contributed by atoms with Gasteiger partial charge in [0.05, 0.1) is 0 Å². The van der Waals surface area contributed by atoms with Crippen molar-refractivity contribution >= 4 is 11.4 Å². The molecule has 0 radical (unpaired) electrons. The van der Waals surface area contributed by atoms with Gasteiger partial charge in [0.2, 0.25) is 0 Å². The number of carbonyl (C=O) groups excluding carboxylic acids is 1. The van der Waals surface area contributed by atoms with Crippen LogP contribution in [0.25, 0.3) is 5.57 Å². The van der Waals surface area contributed by atoms with Crippen LogP contribution in [0.2, 0.25) is 0 Å². The van der Waals surface area contributed by atoms with E-state index in [2.05, 4.69) is 5.32 Å². The molecule has 2 nitrogen and oxygen atoms in total. The SMILES string of the molecule is CNC1=C(c2ccccc2)C(=O)CCC1. The molecule has 0 atom stereocenters. The highest BCUT2D eigenvalue weighted by molar-refractivity contribution is 6.22. The number of Topliss-reactive ketones (excluding diaryl/α,β-unsaturated/α-hetero) is 1. The monoisotopic (exact) mass is 201 g/mol. The second-order valence-electron chi connectivity index (χ2n) is 3.75. The highest BCUT2D eigenvalue weighted by Crippen LogP contribution is 2.27. The van der Waals surface area contributed by atoms with Crippen molar-refractivity contribution < 1.29 is 4.79 Å². The van der Waals surface area contributed by atoms with Gasteiger partial charge >= 0.3 is 0 Å². The normalized spacial score (nSPS) is 16.7. The van der Waals surface area contributed by atoms with Crippen molar-refractivity contribution in [3.63, 3.8) is 0 Å². The van der Waals surface area contributed by atoms with Gasteiger partial charge in [-0.1, -0.05) is 30.3 Å². The van der Waals surface area contributed by atoms with Crippen molar-refractivity contribution in [2.75, 3.05) is 7.05 Å². The van der Waals surface area contributed by atoms with Gasteiger partial charge in [0, 0.05) is 24.7 Å². The number of ketones is 1. The molecular formula is C13H15NO. The van der Waals surface area contributed by atoms with E-state index >= 15 is 0 Å². The van der Waals surface area contributed by atoms with Crippen molar-refractivity contribution in [1.29, 1.82) is 0 Å². The third kappa shape index (κ3) is 1.94. The van der Waals surface area contributed by atoms with Gasteiger partial charge in [-0.3, -0.25) is 4.79 Å². The minimum absolute atomic E-state index is 0.261. The summed E-state index contributed by atoms with van der Waals surface area (Å²) in [5.41, 5.74) is 2.99. The van der Waals surface area contributed by atoms with Crippen LogP contribution in [0.1, 0.15) is 24.8 Å². The van der Waals surface area contributed by atoms with Crippen molar-refractivity contribution in [3.8, 4) is 0 Å². The Morgan fingerprint density at radius 2 is 1.87 bits per heavy atom. The first-order valence-electron chi connectivity index (χ1n) is 5.32. The molecule has 78 valence electrons. The van der Waals surface area contributed by atoms with Crippen LogP contribution in [-0.2, 0) is 4.79 Å². The molecular weight excluding hydrogens is 186 g/mol. The lowest BCUT2D eigenvalue weighted by Crippen LogP contribution is -2.18. The van der Waals surface area contributed by atoms with E-state index < -0.39 is 0 Å². The van der Waals surface area contributed by atoms with E-state index in [1.54, 1.807) is 0 Å². The maximum Gasteiger partial charge on any atom is 0.165 e. The molecule has 0 spiro atoms. The highest BCUT2D eigenvalue weighted by atomic mass is 16.1. The summed E-state index contributed by atoms with van der Waals surface area (Å²) in [5.74, 6) is 0.261. The molecule has 0 heterocycles. The van der Waals surface area contributed by atoms with E-state index in [-0.39, 0.29) is 5.78 Å². The van der Waals surface area contributed by atoms with Crippen LogP contribution in [0, 0.1) is 0 Å². The van der Waals surface area contributed by atoms with Gasteiger partial charge in [0.25, 0.3) is 0 Å². The van der Waals surface area contributed by atoms with Crippen LogP contribution in [-0.4, -0.2) is 12.8 Å². The average Bonchev–Trinajstić information content (AvgIpc) is 2.29. The van der Waals surface area contributed by atoms with E-state index in [1.165, 1.54) is 0 Å². The number of carbonyl (C=O) groups is 1. The van der Waals surface area contributed by atoms with Crippen LogP contribution < -0.4 is 5.32 Å². The maximum absolute atomic E-state index is 11.9. The van der Waals surface area contributed by atoms with E-state index in [9.17, 15) is 4.79 Å². The Bertz CT molecular complexity index is 392. The molecule has 1 aliphatic carbocycles. The first-order chi connectivity index (χ1) is 7.33. The smallest absolute Gasteiger partial charge is 0.165 e. The summed E-state index contributed by atoms with van der Waals surface area (Å²) in [7, 11) is 1.89. The van der Waals surface area contributed by atoms with Gasteiger partial charge in [-0.05, 0) is 18.4 Å². The number of rotatable bonds is 2. The molecule has 0 bridgehead atoms. The average molecular weight is 201 g/mol. The molecule has 2 rings (SSSR count). The van der Waals surface area contributed by atoms with Gasteiger partial charge in [-0.15, -0.1) is 0 Å². The maximum atomic E-state index is 11.9. The summed E-state index contributed by atoms with van der Waals surface area (Å²) in [4.78, 5) is 11.9. The molecule has 2 heteroatoms. The van der Waals surface area contributed by atoms with Crippen molar-refractivity contribution in [2.45, 2.75) is 19.3 Å². The number of hydrogen-bond acceptors (Lipinski definition) is 2. The van der Waals surface area contributed by atoms with Gasteiger partial charge in [0.1, 0.15) is 0 Å². The summed E-state index contributed by atoms with van der Waals surface area (Å²) in [6.07, 6.45) is 2.62. The molecule has 0 saturated carbocycles. The van der Waals surface area contributed by atoms with Crippen LogP contribution in [0.15, 0.2) is 36.0 Å². The van der Waals surface area contributed by atoms with Crippen LogP contribution in [0.3, 0.4) is 0 Å². The topological polar surface area (TPSA) is 29.1 Å². The zero-order valence-electron chi connectivity index (χ0n) is 8.92. The fourth-order valence-corrected chi connectivity index (χ4v) is 2.03. The van der Waals surface area contributed by atoms with Crippen molar-refractivity contribution in [3.05, 3.63) is 41.6 Å². The van der Waals surface area contributed by atoms with Gasteiger partial charge in [-0.25, -0.2) is 0 Å². The lowest BCUT2D eigenvalue weighted by Gasteiger charge is -2.19. The first-order valence-corrected chi connectivity index (χ1v) is 5.32. The van der Waals surface area contributed by atoms with Crippen molar-refractivity contribution in [1.82, 2.24) is 5.32 Å². The standard InChI is InChI=1S/C13H15NO/c1-14-11-8-5-9-12(15)13(11)10-6-3-2-4-7-10/h2-4,6-7,14H,5,8-9H2,1H3. The Labute approximate surface area is 90.0 Å². The molecule has 0 aromatic heterocycles. The van der Waals surface area contributed by atoms with Gasteiger partial charge in [0.15, 0.2) is 5.78 Å². The first kappa shape index (κ1) is 9.97. The van der Waals surface area contributed by atoms with E-state index in [4.69, 9.17) is 0 Å². The second-order valence-corrected chi connectivity index (χ2v) is 3.75. The molecule has 0 aliphatic heterocycles. The van der Waals surface area contributed by atoms with Crippen LogP contribution >= 0.6 is 0 Å². The Hall–Kier alpha value is -1.57. The summed E-state index contributed by atoms with van der Waals surface area (Å²) < 4.78 is 0. The Morgan fingerprint density at radius 1 is 1.13 bits per heavy atom. The van der Waals surface area contributed by atoms with Crippen molar-refractivity contribution in [2.24, 2.45) is 0 Å². The lowest BCUT2D eigenvalue weighted by molar-refractivity contribution is -0.114. The number of hydrogen-bond donors (Lipinski definition) is 1. The molecule has 1 aliphatic rings. The molecule has 0 amide bonds. The van der Waals surface area contributed by atoms with Crippen LogP contribution in [0.4, 0.5) is 0 Å². The van der Waals surface area contributed by atoms with Crippen LogP contribution in [0.5, 0.6) is 0 Å². The Morgan fingerprint density at radius 3 is 2.53 bits per heavy atom. The highest BCUT2D eigenvalue weighted by Gasteiger charge is 2.20. The third-order valence-corrected chi connectivity index (χ3v) is 2.78. The number of allylic oxidation sites excluding steroid dienone is 2. The summed E-state index contributed by atoms with van der Waals surface area (Å²) in [6.45, 7) is 0. The molecule has 1 N–H and O–H groups in total. The molecule has 0 fully saturated rings. The van der Waals surface area contributed by atoms with E-state index in [1.807, 2.05) is 37.4 Å². The van der Waals surface area contributed by atoms with Gasteiger partial charge < -0.3 is 5.32 Å². The quantitative estimate of drug-likeness (QED) is 0.796. The lowest BCUT2D eigenvalue weighted by atomic mass is 9.90. The Balaban J connectivity index is 2.47. The molecule has 1 aromatic rings. The third-order valence-electron chi connectivity index (χ3n) is 2.78. The van der Waals surface area contributed by atoms with E-state index in [0.717, 1.165) is 29.7 Å². The fourth-order valence-electron chi connectivity index (χ4n) is 2.03. The minimum Gasteiger partial charge on any atom is -0.391 e. The predicted octanol–water partition coefficient (Wildman–Crippen LogP) is 2.37. The summed E-state index contributed by atoms with van der Waals surface area (Å²) >= 11 is 0. The number of benzene rings is 1. The number of nitrogens with one attached hydrogen (secondary N) is 1. The largest absolute Gasteiger partial charge is 0.391 e. The molecule has 0 saturated heterocycles. The van der Waals surface area contributed by atoms with Gasteiger partial charge in [-0.2, -0.15) is 0 Å². The Kier molecular flexibility index (Phi) is 2.86. The molecule has 15 heavy (non-hydrogen) atoms. The minimum atomic E-state index is 0.261. The zero-order chi connectivity index (χ0) is 10.7. The predicted molar refractivity (Wildman–Crippen MR) is 61.3 cm³/mol. The van der Waals surface area contributed by atoms with E-state index in [0.29, 0.717) is 6.42 Å². The summed E-state index contributed by atoms with van der Waals surface area (Å²) in [5, 5.41) is 3.14. The fraction of sp³-hybridized carbons (Fsp3) is 0.308. The zero-order valence-corrected chi connectivity index (χ0v) is 8.92. The molecule has 1 aromatic carbocycles. The molecule has 0 unspecified atom stereocenters.